The molecule has 1 atom stereocenters. The molecule has 0 radical (unpaired) electrons. The lowest BCUT2D eigenvalue weighted by Gasteiger charge is -2.35. The lowest BCUT2D eigenvalue weighted by molar-refractivity contribution is -0.384. The number of carbonyl (C=O) groups is 2. The summed E-state index contributed by atoms with van der Waals surface area (Å²) in [6, 6.07) is 13.3. The Bertz CT molecular complexity index is 1290. The molecule has 34 heavy (non-hydrogen) atoms. The standard InChI is InChI=1S/C24H22N4O6/c1-13-10-17(18(28(31)32)11-14(13)2)27-21(24(30)34-4)20(23(29)33-3)19(16(12-25)22(27)26)15-8-6-5-7-9-15/h5-11,19H,26H2,1-4H3. The van der Waals surface area contributed by atoms with Gasteiger partial charge >= 0.3 is 11.9 Å². The largest absolute Gasteiger partial charge is 0.466 e. The topological polar surface area (TPSA) is 149 Å². The van der Waals surface area contributed by atoms with E-state index in [1.165, 1.54) is 12.1 Å². The molecular weight excluding hydrogens is 440 g/mol. The molecule has 0 aromatic heterocycles. The van der Waals surface area contributed by atoms with Gasteiger partial charge in [-0.05, 0) is 36.6 Å². The van der Waals surface area contributed by atoms with Gasteiger partial charge in [0.1, 0.15) is 17.2 Å². The molecule has 1 unspecified atom stereocenters. The molecule has 0 saturated carbocycles. The third kappa shape index (κ3) is 3.95. The minimum Gasteiger partial charge on any atom is -0.466 e. The first-order valence-electron chi connectivity index (χ1n) is 10.1. The van der Waals surface area contributed by atoms with Gasteiger partial charge in [-0.2, -0.15) is 5.26 Å². The Morgan fingerprint density at radius 3 is 2.21 bits per heavy atom. The molecule has 1 heterocycles. The number of carbonyl (C=O) groups excluding carboxylic acids is 2. The fraction of sp³-hybridized carbons (Fsp3) is 0.208. The highest BCUT2D eigenvalue weighted by molar-refractivity contribution is 6.06. The van der Waals surface area contributed by atoms with E-state index in [9.17, 15) is 25.0 Å². The number of allylic oxidation sites excluding steroid dienone is 1. The highest BCUT2D eigenvalue weighted by Gasteiger charge is 2.44. The number of hydrogen-bond donors (Lipinski definition) is 1. The fourth-order valence-electron chi connectivity index (χ4n) is 3.87. The molecular formula is C24H22N4O6. The summed E-state index contributed by atoms with van der Waals surface area (Å²) in [7, 11) is 2.23. The molecule has 0 fully saturated rings. The summed E-state index contributed by atoms with van der Waals surface area (Å²) in [6.07, 6.45) is 0. The van der Waals surface area contributed by atoms with Crippen molar-refractivity contribution in [1.29, 1.82) is 5.26 Å². The number of ether oxygens (including phenoxy) is 2. The number of methoxy groups -OCH3 is 2. The van der Waals surface area contributed by atoms with E-state index in [1.807, 2.05) is 6.07 Å². The van der Waals surface area contributed by atoms with Crippen molar-refractivity contribution < 1.29 is 24.0 Å². The Morgan fingerprint density at radius 2 is 1.68 bits per heavy atom. The summed E-state index contributed by atoms with van der Waals surface area (Å²) in [5.41, 5.74) is 7.07. The van der Waals surface area contributed by atoms with Gasteiger partial charge in [0.15, 0.2) is 0 Å². The number of aryl methyl sites for hydroxylation is 2. The van der Waals surface area contributed by atoms with Crippen LogP contribution in [0.25, 0.3) is 0 Å². The van der Waals surface area contributed by atoms with Gasteiger partial charge in [-0.25, -0.2) is 9.59 Å². The summed E-state index contributed by atoms with van der Waals surface area (Å²) < 4.78 is 9.91. The Labute approximate surface area is 195 Å². The summed E-state index contributed by atoms with van der Waals surface area (Å²) in [4.78, 5) is 38.4. The van der Waals surface area contributed by atoms with Crippen LogP contribution in [0, 0.1) is 35.3 Å². The Kier molecular flexibility index (Phi) is 6.68. The van der Waals surface area contributed by atoms with Crippen molar-refractivity contribution in [3.05, 3.63) is 91.9 Å². The van der Waals surface area contributed by atoms with Gasteiger partial charge in [-0.1, -0.05) is 30.3 Å². The summed E-state index contributed by atoms with van der Waals surface area (Å²) in [5.74, 6) is -3.19. The van der Waals surface area contributed by atoms with Crippen molar-refractivity contribution in [3.8, 4) is 6.07 Å². The maximum atomic E-state index is 13.1. The lowest BCUT2D eigenvalue weighted by Crippen LogP contribution is -2.41. The summed E-state index contributed by atoms with van der Waals surface area (Å²) in [5, 5.41) is 22.0. The average Bonchev–Trinajstić information content (AvgIpc) is 2.84. The van der Waals surface area contributed by atoms with Crippen LogP contribution in [0.5, 0.6) is 0 Å². The summed E-state index contributed by atoms with van der Waals surface area (Å²) >= 11 is 0. The van der Waals surface area contributed by atoms with Crippen LogP contribution >= 0.6 is 0 Å². The van der Waals surface area contributed by atoms with Gasteiger partial charge in [-0.15, -0.1) is 0 Å². The Morgan fingerprint density at radius 1 is 1.09 bits per heavy atom. The van der Waals surface area contributed by atoms with E-state index in [1.54, 1.807) is 44.2 Å². The number of rotatable bonds is 5. The van der Waals surface area contributed by atoms with E-state index in [-0.39, 0.29) is 34.0 Å². The van der Waals surface area contributed by atoms with Gasteiger partial charge in [0.05, 0.1) is 42.3 Å². The number of anilines is 1. The van der Waals surface area contributed by atoms with E-state index >= 15 is 0 Å². The van der Waals surface area contributed by atoms with E-state index in [0.29, 0.717) is 16.7 Å². The number of nitro benzene ring substituents is 1. The maximum Gasteiger partial charge on any atom is 0.355 e. The molecule has 2 aromatic rings. The van der Waals surface area contributed by atoms with Crippen molar-refractivity contribution in [2.45, 2.75) is 19.8 Å². The number of esters is 2. The van der Waals surface area contributed by atoms with E-state index < -0.39 is 22.8 Å². The Hall–Kier alpha value is -4.65. The highest BCUT2D eigenvalue weighted by Crippen LogP contribution is 2.45. The van der Waals surface area contributed by atoms with Crippen LogP contribution in [0.1, 0.15) is 22.6 Å². The SMILES string of the molecule is COC(=O)C1=C(C(=O)OC)N(c2cc(C)c(C)cc2[N+](=O)[O-])C(N)=C(C#N)C1c1ccccc1. The quantitative estimate of drug-likeness (QED) is 0.402. The summed E-state index contributed by atoms with van der Waals surface area (Å²) in [6.45, 7) is 3.43. The second-order valence-electron chi connectivity index (χ2n) is 7.52. The lowest BCUT2D eigenvalue weighted by atomic mass is 9.80. The molecule has 174 valence electrons. The average molecular weight is 462 g/mol. The minimum absolute atomic E-state index is 0.0771. The second-order valence-corrected chi connectivity index (χ2v) is 7.52. The van der Waals surface area contributed by atoms with Gasteiger partial charge in [0, 0.05) is 6.07 Å². The van der Waals surface area contributed by atoms with E-state index in [2.05, 4.69) is 0 Å². The smallest absolute Gasteiger partial charge is 0.355 e. The molecule has 0 amide bonds. The fourth-order valence-corrected chi connectivity index (χ4v) is 3.87. The molecule has 0 bridgehead atoms. The van der Waals surface area contributed by atoms with Crippen LogP contribution in [0.4, 0.5) is 11.4 Å². The third-order valence-electron chi connectivity index (χ3n) is 5.64. The van der Waals surface area contributed by atoms with Crippen molar-refractivity contribution in [2.75, 3.05) is 19.1 Å². The van der Waals surface area contributed by atoms with Crippen molar-refractivity contribution in [1.82, 2.24) is 0 Å². The molecule has 10 nitrogen and oxygen atoms in total. The van der Waals surface area contributed by atoms with Gasteiger partial charge in [0.25, 0.3) is 5.69 Å². The zero-order valence-electron chi connectivity index (χ0n) is 19.0. The van der Waals surface area contributed by atoms with Gasteiger partial charge in [0.2, 0.25) is 0 Å². The molecule has 2 N–H and O–H groups in total. The monoisotopic (exact) mass is 462 g/mol. The third-order valence-corrected chi connectivity index (χ3v) is 5.64. The van der Waals surface area contributed by atoms with E-state index in [0.717, 1.165) is 19.1 Å². The Balaban J connectivity index is 2.51. The van der Waals surface area contributed by atoms with Crippen molar-refractivity contribution in [2.24, 2.45) is 5.73 Å². The highest BCUT2D eigenvalue weighted by atomic mass is 16.6. The molecule has 2 aromatic carbocycles. The first kappa shape index (κ1) is 24.0. The molecule has 1 aliphatic heterocycles. The molecule has 0 saturated heterocycles. The molecule has 0 spiro atoms. The normalized spacial score (nSPS) is 15.6. The molecule has 3 rings (SSSR count). The van der Waals surface area contributed by atoms with Crippen LogP contribution in [-0.2, 0) is 19.1 Å². The number of nitro groups is 1. The van der Waals surface area contributed by atoms with Crippen LogP contribution in [-0.4, -0.2) is 31.1 Å². The predicted octanol–water partition coefficient (Wildman–Crippen LogP) is 3.11. The number of hydrogen-bond acceptors (Lipinski definition) is 9. The number of nitrogens with two attached hydrogens (primary N) is 1. The first-order valence-corrected chi connectivity index (χ1v) is 10.1. The van der Waals surface area contributed by atoms with E-state index in [4.69, 9.17) is 15.2 Å². The molecule has 0 aliphatic carbocycles. The van der Waals surface area contributed by atoms with Crippen LogP contribution in [0.2, 0.25) is 0 Å². The number of nitriles is 1. The molecule has 10 heteroatoms. The van der Waals surface area contributed by atoms with Crippen molar-refractivity contribution in [3.63, 3.8) is 0 Å². The van der Waals surface area contributed by atoms with Crippen LogP contribution in [0.15, 0.2) is 65.1 Å². The zero-order chi connectivity index (χ0) is 25.2. The van der Waals surface area contributed by atoms with Gasteiger partial charge in [-0.3, -0.25) is 15.0 Å². The maximum absolute atomic E-state index is 13.1. The predicted molar refractivity (Wildman–Crippen MR) is 122 cm³/mol. The van der Waals surface area contributed by atoms with Crippen LogP contribution < -0.4 is 10.6 Å². The zero-order valence-corrected chi connectivity index (χ0v) is 19.0. The van der Waals surface area contributed by atoms with Crippen molar-refractivity contribution >= 4 is 23.3 Å². The second kappa shape index (κ2) is 9.46. The minimum atomic E-state index is -1.06. The molecule has 1 aliphatic rings. The number of benzene rings is 2. The van der Waals surface area contributed by atoms with Gasteiger partial charge < -0.3 is 15.2 Å². The number of nitrogens with zero attached hydrogens (tertiary/aromatic N) is 3. The first-order chi connectivity index (χ1) is 16.2. The van der Waals surface area contributed by atoms with Crippen LogP contribution in [0.3, 0.4) is 0 Å².